The molecule has 0 heterocycles. The number of amides is 3. The van der Waals surface area contributed by atoms with Gasteiger partial charge in [0.1, 0.15) is 5.75 Å². The lowest BCUT2D eigenvalue weighted by atomic mass is 10.2. The summed E-state index contributed by atoms with van der Waals surface area (Å²) in [6.07, 6.45) is 1.37. The highest BCUT2D eigenvalue weighted by molar-refractivity contribution is 6.35. The molecule has 140 valence electrons. The number of hydrogen-bond acceptors (Lipinski definition) is 5. The maximum Gasteiger partial charge on any atom is 0.329 e. The van der Waals surface area contributed by atoms with E-state index < -0.39 is 11.8 Å². The lowest BCUT2D eigenvalue weighted by Crippen LogP contribution is -2.35. The first kappa shape index (κ1) is 19.9. The SMILES string of the molecule is CNC(=O)C(=O)N/N=C\c1ccc(OCC(=O)Nc2ccc(Cl)cc2)cc1. The minimum atomic E-state index is -0.861. The molecule has 2 aromatic rings. The third-order valence-electron chi connectivity index (χ3n) is 3.19. The van der Waals surface area contributed by atoms with Gasteiger partial charge >= 0.3 is 11.8 Å². The van der Waals surface area contributed by atoms with Gasteiger partial charge in [0.2, 0.25) is 0 Å². The number of anilines is 1. The lowest BCUT2D eigenvalue weighted by Gasteiger charge is -2.07. The second-order valence-corrected chi connectivity index (χ2v) is 5.63. The molecular weight excluding hydrogens is 372 g/mol. The van der Waals surface area contributed by atoms with Gasteiger partial charge in [-0.1, -0.05) is 11.6 Å². The number of nitrogens with zero attached hydrogens (tertiary/aromatic N) is 1. The predicted molar refractivity (Wildman–Crippen MR) is 102 cm³/mol. The smallest absolute Gasteiger partial charge is 0.329 e. The zero-order valence-electron chi connectivity index (χ0n) is 14.4. The van der Waals surface area contributed by atoms with Crippen molar-refractivity contribution in [2.45, 2.75) is 0 Å². The quantitative estimate of drug-likeness (QED) is 0.396. The molecule has 0 saturated carbocycles. The molecule has 8 nitrogen and oxygen atoms in total. The minimum absolute atomic E-state index is 0.155. The molecule has 3 amide bonds. The number of rotatable bonds is 6. The van der Waals surface area contributed by atoms with Gasteiger partial charge < -0.3 is 15.4 Å². The Morgan fingerprint density at radius 2 is 1.70 bits per heavy atom. The minimum Gasteiger partial charge on any atom is -0.484 e. The molecule has 27 heavy (non-hydrogen) atoms. The fourth-order valence-electron chi connectivity index (χ4n) is 1.86. The van der Waals surface area contributed by atoms with E-state index in [0.29, 0.717) is 22.0 Å². The van der Waals surface area contributed by atoms with E-state index in [9.17, 15) is 14.4 Å². The van der Waals surface area contributed by atoms with Crippen LogP contribution in [0.4, 0.5) is 5.69 Å². The first-order chi connectivity index (χ1) is 13.0. The Bertz CT molecular complexity index is 835. The maximum atomic E-state index is 11.9. The van der Waals surface area contributed by atoms with E-state index >= 15 is 0 Å². The number of benzene rings is 2. The fourth-order valence-corrected chi connectivity index (χ4v) is 1.99. The Labute approximate surface area is 160 Å². The number of carbonyl (C=O) groups excluding carboxylic acids is 3. The molecule has 0 atom stereocenters. The summed E-state index contributed by atoms with van der Waals surface area (Å²) in [7, 11) is 1.35. The van der Waals surface area contributed by atoms with Crippen molar-refractivity contribution < 1.29 is 19.1 Å². The first-order valence-corrected chi connectivity index (χ1v) is 8.19. The van der Waals surface area contributed by atoms with Gasteiger partial charge in [-0.15, -0.1) is 0 Å². The molecule has 0 spiro atoms. The molecule has 0 aliphatic heterocycles. The number of likely N-dealkylation sites (N-methyl/N-ethyl adjacent to an activating group) is 1. The lowest BCUT2D eigenvalue weighted by molar-refractivity contribution is -0.138. The topological polar surface area (TPSA) is 109 Å². The van der Waals surface area contributed by atoms with Crippen LogP contribution < -0.4 is 20.8 Å². The summed E-state index contributed by atoms with van der Waals surface area (Å²) in [5, 5.41) is 9.12. The van der Waals surface area contributed by atoms with Gasteiger partial charge in [0, 0.05) is 17.8 Å². The average molecular weight is 389 g/mol. The van der Waals surface area contributed by atoms with Crippen LogP contribution >= 0.6 is 11.6 Å². The molecule has 0 bridgehead atoms. The van der Waals surface area contributed by atoms with E-state index in [2.05, 4.69) is 21.2 Å². The molecular formula is C18H17ClN4O4. The van der Waals surface area contributed by atoms with Gasteiger partial charge in [-0.2, -0.15) is 5.10 Å². The summed E-state index contributed by atoms with van der Waals surface area (Å²) in [6.45, 7) is -0.155. The highest BCUT2D eigenvalue weighted by Gasteiger charge is 2.08. The summed E-state index contributed by atoms with van der Waals surface area (Å²) < 4.78 is 5.40. The molecule has 9 heteroatoms. The normalized spacial score (nSPS) is 10.3. The van der Waals surface area contributed by atoms with Crippen molar-refractivity contribution in [1.29, 1.82) is 0 Å². The van der Waals surface area contributed by atoms with E-state index in [4.69, 9.17) is 16.3 Å². The van der Waals surface area contributed by atoms with Crippen molar-refractivity contribution in [2.75, 3.05) is 19.0 Å². The van der Waals surface area contributed by atoms with Crippen LogP contribution in [0, 0.1) is 0 Å². The van der Waals surface area contributed by atoms with Crippen molar-refractivity contribution in [3.8, 4) is 5.75 Å². The molecule has 2 rings (SSSR count). The summed E-state index contributed by atoms with van der Waals surface area (Å²) >= 11 is 5.78. The Balaban J connectivity index is 1.79. The number of hydrogen-bond donors (Lipinski definition) is 3. The highest BCUT2D eigenvalue weighted by Crippen LogP contribution is 2.14. The average Bonchev–Trinajstić information content (AvgIpc) is 2.68. The summed E-state index contributed by atoms with van der Waals surface area (Å²) in [5.74, 6) is -1.46. The number of nitrogens with one attached hydrogen (secondary N) is 3. The molecule has 0 fully saturated rings. The third kappa shape index (κ3) is 6.79. The van der Waals surface area contributed by atoms with E-state index in [1.165, 1.54) is 13.3 Å². The predicted octanol–water partition coefficient (Wildman–Crippen LogP) is 1.55. The molecule has 0 saturated heterocycles. The third-order valence-corrected chi connectivity index (χ3v) is 3.44. The monoisotopic (exact) mass is 388 g/mol. The van der Waals surface area contributed by atoms with Gasteiger partial charge in [-0.05, 0) is 54.1 Å². The van der Waals surface area contributed by atoms with E-state index in [1.54, 1.807) is 48.5 Å². The molecule has 0 aliphatic rings. The van der Waals surface area contributed by atoms with Crippen molar-refractivity contribution in [3.63, 3.8) is 0 Å². The van der Waals surface area contributed by atoms with E-state index in [1.807, 2.05) is 0 Å². The van der Waals surface area contributed by atoms with Crippen LogP contribution in [-0.4, -0.2) is 37.6 Å². The Hall–Kier alpha value is -3.39. The molecule has 0 aliphatic carbocycles. The number of halogens is 1. The standard InChI is InChI=1S/C18H17ClN4O4/c1-20-17(25)18(26)23-21-10-12-2-8-15(9-3-12)27-11-16(24)22-14-6-4-13(19)5-7-14/h2-10H,11H2,1H3,(H,20,25)(H,22,24)(H,23,26)/b21-10-. The van der Waals surface area contributed by atoms with Crippen LogP contribution in [-0.2, 0) is 14.4 Å². The zero-order valence-corrected chi connectivity index (χ0v) is 15.1. The number of ether oxygens (including phenoxy) is 1. The summed E-state index contributed by atoms with van der Waals surface area (Å²) in [4.78, 5) is 34.1. The Morgan fingerprint density at radius 3 is 2.33 bits per heavy atom. The van der Waals surface area contributed by atoms with Crippen LogP contribution in [0.5, 0.6) is 5.75 Å². The number of hydrazone groups is 1. The first-order valence-electron chi connectivity index (χ1n) is 7.81. The highest BCUT2D eigenvalue weighted by atomic mass is 35.5. The van der Waals surface area contributed by atoms with Crippen molar-refractivity contribution in [2.24, 2.45) is 5.10 Å². The van der Waals surface area contributed by atoms with Gasteiger partial charge in [0.25, 0.3) is 5.91 Å². The van der Waals surface area contributed by atoms with Crippen molar-refractivity contribution in [1.82, 2.24) is 10.7 Å². The molecule has 0 radical (unpaired) electrons. The fraction of sp³-hybridized carbons (Fsp3) is 0.111. The summed E-state index contributed by atoms with van der Waals surface area (Å²) in [5.41, 5.74) is 3.38. The molecule has 0 aromatic heterocycles. The molecule has 2 aromatic carbocycles. The largest absolute Gasteiger partial charge is 0.484 e. The Kier molecular flexibility index (Phi) is 7.33. The second-order valence-electron chi connectivity index (χ2n) is 5.19. The van der Waals surface area contributed by atoms with Gasteiger partial charge in [-0.3, -0.25) is 14.4 Å². The number of carbonyl (C=O) groups is 3. The van der Waals surface area contributed by atoms with Crippen molar-refractivity contribution >= 4 is 41.2 Å². The van der Waals surface area contributed by atoms with Crippen LogP contribution in [0.2, 0.25) is 5.02 Å². The Morgan fingerprint density at radius 1 is 1.04 bits per heavy atom. The second kappa shape index (κ2) is 9.93. The maximum absolute atomic E-state index is 11.9. The van der Waals surface area contributed by atoms with E-state index in [0.717, 1.165) is 0 Å². The molecule has 3 N–H and O–H groups in total. The summed E-state index contributed by atoms with van der Waals surface area (Å²) in [6, 6.07) is 13.4. The van der Waals surface area contributed by atoms with Crippen LogP contribution in [0.15, 0.2) is 53.6 Å². The van der Waals surface area contributed by atoms with E-state index in [-0.39, 0.29) is 12.5 Å². The zero-order chi connectivity index (χ0) is 19.6. The van der Waals surface area contributed by atoms with Crippen LogP contribution in [0.3, 0.4) is 0 Å². The molecule has 0 unspecified atom stereocenters. The van der Waals surface area contributed by atoms with Crippen molar-refractivity contribution in [3.05, 3.63) is 59.1 Å². The van der Waals surface area contributed by atoms with Crippen LogP contribution in [0.25, 0.3) is 0 Å². The van der Waals surface area contributed by atoms with Gasteiger partial charge in [0.05, 0.1) is 6.21 Å². The van der Waals surface area contributed by atoms with Crippen LogP contribution in [0.1, 0.15) is 5.56 Å². The van der Waals surface area contributed by atoms with Gasteiger partial charge in [0.15, 0.2) is 6.61 Å². The van der Waals surface area contributed by atoms with Gasteiger partial charge in [-0.25, -0.2) is 5.43 Å².